The van der Waals surface area contributed by atoms with Crippen molar-refractivity contribution in [1.82, 2.24) is 10.6 Å². The lowest BCUT2D eigenvalue weighted by molar-refractivity contribution is 0.296. The van der Waals surface area contributed by atoms with E-state index in [1.54, 1.807) is 18.4 Å². The van der Waals surface area contributed by atoms with Crippen LogP contribution in [0.1, 0.15) is 29.5 Å². The van der Waals surface area contributed by atoms with Crippen LogP contribution in [0.3, 0.4) is 0 Å². The van der Waals surface area contributed by atoms with Crippen molar-refractivity contribution in [2.24, 2.45) is 10.9 Å². The SMILES string of the molecule is CN=C(NCc1ccsc1)NCc1ccc(C)cc1OCC1CC1. The minimum atomic E-state index is 0.698. The van der Waals surface area contributed by atoms with Crippen LogP contribution in [0, 0.1) is 12.8 Å². The van der Waals surface area contributed by atoms with E-state index in [0.29, 0.717) is 6.54 Å². The van der Waals surface area contributed by atoms with Gasteiger partial charge in [-0.05, 0) is 59.7 Å². The highest BCUT2D eigenvalue weighted by atomic mass is 32.1. The Morgan fingerprint density at radius 1 is 1.25 bits per heavy atom. The molecule has 128 valence electrons. The molecule has 0 atom stereocenters. The summed E-state index contributed by atoms with van der Waals surface area (Å²) in [5.41, 5.74) is 3.66. The summed E-state index contributed by atoms with van der Waals surface area (Å²) in [6.45, 7) is 4.41. The minimum Gasteiger partial charge on any atom is -0.493 e. The van der Waals surface area contributed by atoms with Crippen LogP contribution in [0.15, 0.2) is 40.0 Å². The normalized spacial score (nSPS) is 14.5. The van der Waals surface area contributed by atoms with Crippen LogP contribution < -0.4 is 15.4 Å². The first-order chi connectivity index (χ1) is 11.7. The monoisotopic (exact) mass is 343 g/mol. The topological polar surface area (TPSA) is 45.7 Å². The average Bonchev–Trinajstić information content (AvgIpc) is 3.28. The van der Waals surface area contributed by atoms with Gasteiger partial charge in [0.1, 0.15) is 5.75 Å². The molecule has 2 aromatic rings. The molecule has 1 aliphatic carbocycles. The van der Waals surface area contributed by atoms with Crippen LogP contribution in [-0.2, 0) is 13.1 Å². The van der Waals surface area contributed by atoms with Crippen LogP contribution in [0.4, 0.5) is 0 Å². The van der Waals surface area contributed by atoms with Crippen LogP contribution >= 0.6 is 11.3 Å². The van der Waals surface area contributed by atoms with Crippen molar-refractivity contribution in [1.29, 1.82) is 0 Å². The van der Waals surface area contributed by atoms with E-state index in [1.807, 2.05) is 0 Å². The van der Waals surface area contributed by atoms with Gasteiger partial charge in [-0.2, -0.15) is 11.3 Å². The lowest BCUT2D eigenvalue weighted by Crippen LogP contribution is -2.36. The van der Waals surface area contributed by atoms with Gasteiger partial charge in [-0.25, -0.2) is 0 Å². The zero-order valence-electron chi connectivity index (χ0n) is 14.3. The molecule has 0 spiro atoms. The highest BCUT2D eigenvalue weighted by molar-refractivity contribution is 7.07. The van der Waals surface area contributed by atoms with Gasteiger partial charge in [0, 0.05) is 25.7 Å². The Bertz CT molecular complexity index is 678. The fraction of sp³-hybridized carbons (Fsp3) is 0.421. The number of rotatable bonds is 7. The number of guanidine groups is 1. The van der Waals surface area contributed by atoms with Gasteiger partial charge < -0.3 is 15.4 Å². The number of hydrogen-bond donors (Lipinski definition) is 2. The van der Waals surface area contributed by atoms with Gasteiger partial charge in [-0.1, -0.05) is 12.1 Å². The maximum Gasteiger partial charge on any atom is 0.191 e. The van der Waals surface area contributed by atoms with E-state index >= 15 is 0 Å². The fourth-order valence-electron chi connectivity index (χ4n) is 2.41. The zero-order chi connectivity index (χ0) is 16.8. The third-order valence-corrected chi connectivity index (χ3v) is 4.84. The van der Waals surface area contributed by atoms with E-state index in [0.717, 1.165) is 30.8 Å². The van der Waals surface area contributed by atoms with E-state index < -0.39 is 0 Å². The summed E-state index contributed by atoms with van der Waals surface area (Å²) >= 11 is 1.71. The molecule has 0 unspecified atom stereocenters. The largest absolute Gasteiger partial charge is 0.493 e. The summed E-state index contributed by atoms with van der Waals surface area (Å²) in [6, 6.07) is 8.51. The maximum absolute atomic E-state index is 6.03. The van der Waals surface area contributed by atoms with Crippen LogP contribution in [0.25, 0.3) is 0 Å². The molecule has 3 rings (SSSR count). The van der Waals surface area contributed by atoms with Crippen molar-refractivity contribution >= 4 is 17.3 Å². The molecule has 24 heavy (non-hydrogen) atoms. The molecule has 0 amide bonds. The molecule has 0 saturated heterocycles. The fourth-order valence-corrected chi connectivity index (χ4v) is 3.08. The van der Waals surface area contributed by atoms with Crippen molar-refractivity contribution in [3.05, 3.63) is 51.7 Å². The molecule has 0 aliphatic heterocycles. The molecule has 4 nitrogen and oxygen atoms in total. The summed E-state index contributed by atoms with van der Waals surface area (Å²) in [4.78, 5) is 4.29. The highest BCUT2D eigenvalue weighted by Crippen LogP contribution is 2.30. The average molecular weight is 343 g/mol. The first-order valence-electron chi connectivity index (χ1n) is 8.42. The number of nitrogens with one attached hydrogen (secondary N) is 2. The second-order valence-corrected chi connectivity index (χ2v) is 7.06. The third-order valence-electron chi connectivity index (χ3n) is 4.10. The molecular weight excluding hydrogens is 318 g/mol. The number of benzene rings is 1. The van der Waals surface area contributed by atoms with Crippen LogP contribution in [0.2, 0.25) is 0 Å². The van der Waals surface area contributed by atoms with Gasteiger partial charge in [-0.3, -0.25) is 4.99 Å². The lowest BCUT2D eigenvalue weighted by atomic mass is 10.1. The molecule has 1 heterocycles. The van der Waals surface area contributed by atoms with Crippen molar-refractivity contribution in [2.75, 3.05) is 13.7 Å². The number of nitrogens with zero attached hydrogens (tertiary/aromatic N) is 1. The van der Waals surface area contributed by atoms with E-state index in [9.17, 15) is 0 Å². The van der Waals surface area contributed by atoms with Crippen molar-refractivity contribution in [2.45, 2.75) is 32.9 Å². The Hall–Kier alpha value is -2.01. The van der Waals surface area contributed by atoms with Gasteiger partial charge in [-0.15, -0.1) is 0 Å². The number of ether oxygens (including phenoxy) is 1. The van der Waals surface area contributed by atoms with Crippen LogP contribution in [0.5, 0.6) is 5.75 Å². The molecule has 1 saturated carbocycles. The van der Waals surface area contributed by atoms with Crippen molar-refractivity contribution < 1.29 is 4.74 Å². The highest BCUT2D eigenvalue weighted by Gasteiger charge is 2.22. The predicted molar refractivity (Wildman–Crippen MR) is 101 cm³/mol. The molecule has 5 heteroatoms. The Kier molecular flexibility index (Phi) is 5.75. The van der Waals surface area contributed by atoms with Gasteiger partial charge >= 0.3 is 0 Å². The summed E-state index contributed by atoms with van der Waals surface area (Å²) in [5.74, 6) is 2.55. The number of hydrogen-bond acceptors (Lipinski definition) is 3. The Morgan fingerprint density at radius 3 is 2.79 bits per heavy atom. The molecule has 2 N–H and O–H groups in total. The minimum absolute atomic E-state index is 0.698. The van der Waals surface area contributed by atoms with Gasteiger partial charge in [0.15, 0.2) is 5.96 Å². The van der Waals surface area contributed by atoms with Gasteiger partial charge in [0.25, 0.3) is 0 Å². The van der Waals surface area contributed by atoms with Crippen LogP contribution in [-0.4, -0.2) is 19.6 Å². The first kappa shape index (κ1) is 16.8. The van der Waals surface area contributed by atoms with E-state index in [2.05, 4.69) is 57.6 Å². The van der Waals surface area contributed by atoms with Gasteiger partial charge in [0.05, 0.1) is 6.61 Å². The lowest BCUT2D eigenvalue weighted by Gasteiger charge is -2.15. The van der Waals surface area contributed by atoms with Gasteiger partial charge in [0.2, 0.25) is 0 Å². The summed E-state index contributed by atoms with van der Waals surface area (Å²) in [7, 11) is 1.79. The molecule has 1 aromatic carbocycles. The number of aryl methyl sites for hydroxylation is 1. The Balaban J connectivity index is 1.55. The Morgan fingerprint density at radius 2 is 2.08 bits per heavy atom. The molecule has 1 aromatic heterocycles. The third kappa shape index (κ3) is 4.99. The second kappa shape index (κ2) is 8.20. The molecule has 1 aliphatic rings. The zero-order valence-corrected chi connectivity index (χ0v) is 15.2. The second-order valence-electron chi connectivity index (χ2n) is 6.28. The quantitative estimate of drug-likeness (QED) is 0.595. The first-order valence-corrected chi connectivity index (χ1v) is 9.37. The Labute approximate surface area is 148 Å². The van der Waals surface area contributed by atoms with Crippen molar-refractivity contribution in [3.8, 4) is 5.75 Å². The summed E-state index contributed by atoms with van der Waals surface area (Å²) < 4.78 is 6.03. The number of aliphatic imine (C=N–C) groups is 1. The standard InChI is InChI=1S/C19H25N3OS/c1-14-3-6-17(18(9-14)23-12-15-4-5-15)11-22-19(20-2)21-10-16-7-8-24-13-16/h3,6-9,13,15H,4-5,10-12H2,1-2H3,(H2,20,21,22). The van der Waals surface area contributed by atoms with Crippen molar-refractivity contribution in [3.63, 3.8) is 0 Å². The summed E-state index contributed by atoms with van der Waals surface area (Å²) in [6.07, 6.45) is 2.61. The number of thiophene rings is 1. The van der Waals surface area contributed by atoms with E-state index in [-0.39, 0.29) is 0 Å². The maximum atomic E-state index is 6.03. The molecular formula is C19H25N3OS. The van der Waals surface area contributed by atoms with E-state index in [1.165, 1.54) is 29.5 Å². The molecule has 0 bridgehead atoms. The molecule has 1 fully saturated rings. The smallest absolute Gasteiger partial charge is 0.191 e. The van der Waals surface area contributed by atoms with E-state index in [4.69, 9.17) is 4.74 Å². The predicted octanol–water partition coefficient (Wildman–Crippen LogP) is 3.71. The summed E-state index contributed by atoms with van der Waals surface area (Å²) in [5, 5.41) is 10.9. The molecule has 0 radical (unpaired) electrons.